The van der Waals surface area contributed by atoms with Crippen molar-refractivity contribution >= 4 is 17.9 Å². The van der Waals surface area contributed by atoms with Crippen molar-refractivity contribution in [2.24, 2.45) is 0 Å². The van der Waals surface area contributed by atoms with Crippen molar-refractivity contribution in [3.63, 3.8) is 0 Å². The number of carbonyl (C=O) groups is 3. The van der Waals surface area contributed by atoms with Gasteiger partial charge in [-0.3, -0.25) is 14.4 Å². The lowest BCUT2D eigenvalue weighted by Gasteiger charge is -2.18. The minimum absolute atomic E-state index is 0.0715. The van der Waals surface area contributed by atoms with Crippen molar-refractivity contribution in [3.05, 3.63) is 24.3 Å². The zero-order valence-electron chi connectivity index (χ0n) is 51.6. The molecule has 76 heavy (non-hydrogen) atoms. The summed E-state index contributed by atoms with van der Waals surface area (Å²) in [6, 6.07) is 0. The van der Waals surface area contributed by atoms with Gasteiger partial charge in [-0.2, -0.15) is 0 Å². The molecule has 0 aliphatic heterocycles. The number of ether oxygens (including phenoxy) is 3. The molecule has 0 fully saturated rings. The molecule has 0 aromatic heterocycles. The molecule has 0 amide bonds. The van der Waals surface area contributed by atoms with Crippen molar-refractivity contribution in [1.29, 1.82) is 0 Å². The highest BCUT2D eigenvalue weighted by atomic mass is 16.6. The molecule has 0 aromatic rings. The van der Waals surface area contributed by atoms with Crippen LogP contribution in [0.15, 0.2) is 24.3 Å². The van der Waals surface area contributed by atoms with E-state index in [1.807, 2.05) is 0 Å². The first-order valence-electron chi connectivity index (χ1n) is 34.3. The SMILES string of the molecule is CCCCC/C=C\C/C=C\CCCCCCCC(=O)OC(COC(=O)CCCCCCCCCCCC)COC(=O)CCCCCCCCCCCCCCCCCCCCCCCCCCCCCCCCCCC. The summed E-state index contributed by atoms with van der Waals surface area (Å²) in [5.74, 6) is -0.863. The van der Waals surface area contributed by atoms with E-state index in [2.05, 4.69) is 45.1 Å². The van der Waals surface area contributed by atoms with E-state index >= 15 is 0 Å². The lowest BCUT2D eigenvalue weighted by Crippen LogP contribution is -2.30. The second-order valence-electron chi connectivity index (χ2n) is 23.5. The Hall–Kier alpha value is -2.11. The van der Waals surface area contributed by atoms with Crippen LogP contribution in [0.3, 0.4) is 0 Å². The highest BCUT2D eigenvalue weighted by Gasteiger charge is 2.19. The van der Waals surface area contributed by atoms with Crippen LogP contribution in [0.25, 0.3) is 0 Å². The number of carbonyl (C=O) groups excluding carboxylic acids is 3. The molecule has 6 heteroatoms. The maximum Gasteiger partial charge on any atom is 0.306 e. The Labute approximate surface area is 474 Å². The maximum atomic E-state index is 12.9. The van der Waals surface area contributed by atoms with Gasteiger partial charge in [0.1, 0.15) is 13.2 Å². The monoisotopic (exact) mass is 1070 g/mol. The van der Waals surface area contributed by atoms with Gasteiger partial charge in [0.25, 0.3) is 0 Å². The minimum atomic E-state index is -0.774. The summed E-state index contributed by atoms with van der Waals surface area (Å²) in [5, 5.41) is 0. The normalized spacial score (nSPS) is 12.1. The molecule has 0 rings (SSSR count). The first-order chi connectivity index (χ1) is 37.5. The van der Waals surface area contributed by atoms with Crippen molar-refractivity contribution in [1.82, 2.24) is 0 Å². The summed E-state index contributed by atoms with van der Waals surface area (Å²) < 4.78 is 16.9. The molecule has 1 unspecified atom stereocenters. The Bertz CT molecular complexity index is 1230. The van der Waals surface area contributed by atoms with Crippen LogP contribution in [-0.2, 0) is 28.6 Å². The second-order valence-corrected chi connectivity index (χ2v) is 23.5. The molecule has 0 heterocycles. The zero-order chi connectivity index (χ0) is 55.0. The van der Waals surface area contributed by atoms with E-state index in [1.54, 1.807) is 0 Å². The van der Waals surface area contributed by atoms with Crippen LogP contribution < -0.4 is 0 Å². The molecule has 0 spiro atoms. The molecule has 0 aliphatic rings. The molecule has 448 valence electrons. The summed E-state index contributed by atoms with van der Waals surface area (Å²) in [6.45, 7) is 6.65. The Morgan fingerprint density at radius 1 is 0.263 bits per heavy atom. The van der Waals surface area contributed by atoms with Gasteiger partial charge < -0.3 is 14.2 Å². The Kier molecular flexibility index (Phi) is 63.6. The van der Waals surface area contributed by atoms with Gasteiger partial charge in [0, 0.05) is 19.3 Å². The number of hydrogen-bond donors (Lipinski definition) is 0. The van der Waals surface area contributed by atoms with Gasteiger partial charge >= 0.3 is 17.9 Å². The molecule has 0 aromatic carbocycles. The summed E-state index contributed by atoms with van der Waals surface area (Å²) in [6.07, 6.45) is 79.5. The van der Waals surface area contributed by atoms with Crippen LogP contribution in [0.1, 0.15) is 387 Å². The van der Waals surface area contributed by atoms with Gasteiger partial charge in [-0.15, -0.1) is 0 Å². The van der Waals surface area contributed by atoms with Crippen LogP contribution >= 0.6 is 0 Å². The van der Waals surface area contributed by atoms with E-state index in [4.69, 9.17) is 14.2 Å². The average molecular weight is 1070 g/mol. The second kappa shape index (κ2) is 65.4. The molecule has 0 saturated carbocycles. The highest BCUT2D eigenvalue weighted by molar-refractivity contribution is 5.71. The van der Waals surface area contributed by atoms with E-state index in [0.29, 0.717) is 19.3 Å². The molecular formula is C70H132O6. The van der Waals surface area contributed by atoms with Gasteiger partial charge in [-0.05, 0) is 51.4 Å². The Morgan fingerprint density at radius 2 is 0.474 bits per heavy atom. The first kappa shape index (κ1) is 73.9. The summed E-state index contributed by atoms with van der Waals surface area (Å²) in [4.78, 5) is 38.2. The summed E-state index contributed by atoms with van der Waals surface area (Å²) >= 11 is 0. The van der Waals surface area contributed by atoms with Crippen LogP contribution in [0.4, 0.5) is 0 Å². The smallest absolute Gasteiger partial charge is 0.306 e. The fourth-order valence-electron chi connectivity index (χ4n) is 10.5. The van der Waals surface area contributed by atoms with Crippen molar-refractivity contribution in [2.75, 3.05) is 13.2 Å². The fraction of sp³-hybridized carbons (Fsp3) is 0.900. The quantitative estimate of drug-likeness (QED) is 0.0261. The number of unbranched alkanes of at least 4 members (excludes halogenated alkanes) is 49. The van der Waals surface area contributed by atoms with E-state index in [9.17, 15) is 14.4 Å². The van der Waals surface area contributed by atoms with Gasteiger partial charge in [0.15, 0.2) is 6.10 Å². The van der Waals surface area contributed by atoms with Gasteiger partial charge in [-0.25, -0.2) is 0 Å². The van der Waals surface area contributed by atoms with Crippen LogP contribution in [0.5, 0.6) is 0 Å². The molecule has 6 nitrogen and oxygen atoms in total. The van der Waals surface area contributed by atoms with Crippen molar-refractivity contribution in [2.45, 2.75) is 393 Å². The van der Waals surface area contributed by atoms with Gasteiger partial charge in [0.2, 0.25) is 0 Å². The molecular weight excluding hydrogens is 937 g/mol. The number of esters is 3. The topological polar surface area (TPSA) is 78.9 Å². The Morgan fingerprint density at radius 3 is 0.750 bits per heavy atom. The third kappa shape index (κ3) is 62.7. The summed E-state index contributed by atoms with van der Waals surface area (Å²) in [5.41, 5.74) is 0. The fourth-order valence-corrected chi connectivity index (χ4v) is 10.5. The molecule has 0 radical (unpaired) electrons. The molecule has 0 N–H and O–H groups in total. The highest BCUT2D eigenvalue weighted by Crippen LogP contribution is 2.19. The van der Waals surface area contributed by atoms with E-state index in [-0.39, 0.29) is 31.1 Å². The van der Waals surface area contributed by atoms with Gasteiger partial charge in [0.05, 0.1) is 0 Å². The standard InChI is InChI=1S/C70H132O6/c1-4-7-10-13-16-19-22-24-26-27-28-29-30-31-32-33-34-35-36-37-38-39-40-41-42-43-45-46-48-51-54-57-60-63-69(72)75-66-67(65-74-68(71)62-59-56-53-50-21-18-15-12-9-6-3)76-70(73)64-61-58-55-52-49-47-44-25-23-20-17-14-11-8-5-2/h17,20,25,44,67H,4-16,18-19,21-24,26-43,45-66H2,1-3H3/b20-17-,44-25-. The Balaban J connectivity index is 4.00. The molecule has 1 atom stereocenters. The van der Waals surface area contributed by atoms with Crippen molar-refractivity contribution in [3.8, 4) is 0 Å². The first-order valence-corrected chi connectivity index (χ1v) is 34.3. The van der Waals surface area contributed by atoms with Gasteiger partial charge in [-0.1, -0.05) is 340 Å². The third-order valence-corrected chi connectivity index (χ3v) is 15.7. The van der Waals surface area contributed by atoms with Crippen LogP contribution in [0, 0.1) is 0 Å². The predicted octanol–water partition coefficient (Wildman–Crippen LogP) is 23.4. The minimum Gasteiger partial charge on any atom is -0.462 e. The van der Waals surface area contributed by atoms with Crippen LogP contribution in [0.2, 0.25) is 0 Å². The number of allylic oxidation sites excluding steroid dienone is 4. The molecule has 0 aliphatic carbocycles. The maximum absolute atomic E-state index is 12.9. The molecule has 0 saturated heterocycles. The van der Waals surface area contributed by atoms with E-state index in [1.165, 1.54) is 270 Å². The predicted molar refractivity (Wildman–Crippen MR) is 330 cm³/mol. The number of hydrogen-bond acceptors (Lipinski definition) is 6. The lowest BCUT2D eigenvalue weighted by atomic mass is 10.0. The van der Waals surface area contributed by atoms with Crippen LogP contribution in [-0.4, -0.2) is 37.2 Å². The van der Waals surface area contributed by atoms with E-state index in [0.717, 1.165) is 77.0 Å². The molecule has 0 bridgehead atoms. The largest absolute Gasteiger partial charge is 0.462 e. The average Bonchev–Trinajstić information content (AvgIpc) is 3.42. The number of rotatable bonds is 64. The lowest BCUT2D eigenvalue weighted by molar-refractivity contribution is -0.167. The third-order valence-electron chi connectivity index (χ3n) is 15.7. The zero-order valence-corrected chi connectivity index (χ0v) is 51.6. The van der Waals surface area contributed by atoms with E-state index < -0.39 is 6.10 Å². The summed E-state index contributed by atoms with van der Waals surface area (Å²) in [7, 11) is 0. The van der Waals surface area contributed by atoms with Crippen molar-refractivity contribution < 1.29 is 28.6 Å².